The second kappa shape index (κ2) is 6.66. The fourth-order valence-electron chi connectivity index (χ4n) is 2.59. The highest BCUT2D eigenvalue weighted by atomic mass is 16.2. The van der Waals surface area contributed by atoms with E-state index >= 15 is 0 Å². The summed E-state index contributed by atoms with van der Waals surface area (Å²) >= 11 is 0. The van der Waals surface area contributed by atoms with Gasteiger partial charge in [0, 0.05) is 30.2 Å². The van der Waals surface area contributed by atoms with Gasteiger partial charge in [0.15, 0.2) is 5.43 Å². The Labute approximate surface area is 140 Å². The van der Waals surface area contributed by atoms with Gasteiger partial charge in [-0.1, -0.05) is 25.1 Å². The number of H-pyrrole nitrogens is 1. The van der Waals surface area contributed by atoms with Crippen LogP contribution in [0.25, 0.3) is 10.9 Å². The third-order valence-electron chi connectivity index (χ3n) is 4.01. The summed E-state index contributed by atoms with van der Waals surface area (Å²) in [6.07, 6.45) is 2.76. The first-order valence-electron chi connectivity index (χ1n) is 7.90. The standard InChI is InChI=1S/C19H19N3O2/c1-3-13-8-9-14(20-11-13)12-22(2)19(24)17-10-18(23)15-6-4-5-7-16(15)21-17/h4-11H,3,12H2,1-2H3,(H,21,23). The van der Waals surface area contributed by atoms with E-state index in [0.717, 1.165) is 17.7 Å². The maximum atomic E-state index is 12.6. The number of aromatic amines is 1. The van der Waals surface area contributed by atoms with Crippen LogP contribution in [0, 0.1) is 0 Å². The lowest BCUT2D eigenvalue weighted by molar-refractivity contribution is 0.0778. The topological polar surface area (TPSA) is 66.1 Å². The number of nitrogens with one attached hydrogen (secondary N) is 1. The van der Waals surface area contributed by atoms with Crippen LogP contribution in [-0.4, -0.2) is 27.8 Å². The molecular formula is C19H19N3O2. The SMILES string of the molecule is CCc1ccc(CN(C)C(=O)c2cc(=O)c3ccccc3[nH]2)nc1. The van der Waals surface area contributed by atoms with E-state index in [2.05, 4.69) is 16.9 Å². The minimum Gasteiger partial charge on any atom is -0.350 e. The van der Waals surface area contributed by atoms with Gasteiger partial charge in [0.1, 0.15) is 5.69 Å². The number of benzene rings is 1. The van der Waals surface area contributed by atoms with E-state index in [0.29, 0.717) is 17.4 Å². The van der Waals surface area contributed by atoms with E-state index in [1.165, 1.54) is 6.07 Å². The smallest absolute Gasteiger partial charge is 0.270 e. The summed E-state index contributed by atoms with van der Waals surface area (Å²) in [5.74, 6) is -0.237. The number of aromatic nitrogens is 2. The van der Waals surface area contributed by atoms with Gasteiger partial charge >= 0.3 is 0 Å². The molecule has 1 amide bonds. The molecule has 3 aromatic rings. The number of aryl methyl sites for hydroxylation is 1. The summed E-state index contributed by atoms with van der Waals surface area (Å²) in [4.78, 5) is 33.7. The zero-order valence-electron chi connectivity index (χ0n) is 13.7. The number of rotatable bonds is 4. The molecule has 3 rings (SSSR count). The maximum Gasteiger partial charge on any atom is 0.270 e. The highest BCUT2D eigenvalue weighted by Crippen LogP contribution is 2.10. The molecule has 0 spiro atoms. The molecule has 1 aromatic carbocycles. The van der Waals surface area contributed by atoms with E-state index in [4.69, 9.17) is 0 Å². The molecule has 0 bridgehead atoms. The highest BCUT2D eigenvalue weighted by molar-refractivity contribution is 5.94. The number of carbonyl (C=O) groups excluding carboxylic acids is 1. The molecule has 2 aromatic heterocycles. The summed E-state index contributed by atoms with van der Waals surface area (Å²) in [5, 5.41) is 0.577. The molecule has 24 heavy (non-hydrogen) atoms. The molecule has 2 heterocycles. The van der Waals surface area contributed by atoms with E-state index in [-0.39, 0.29) is 17.0 Å². The zero-order chi connectivity index (χ0) is 17.1. The van der Waals surface area contributed by atoms with Gasteiger partial charge in [0.2, 0.25) is 0 Å². The van der Waals surface area contributed by atoms with Crippen LogP contribution < -0.4 is 5.43 Å². The predicted octanol–water partition coefficient (Wildman–Crippen LogP) is 2.76. The Kier molecular flexibility index (Phi) is 4.42. The third-order valence-corrected chi connectivity index (χ3v) is 4.01. The Bertz CT molecular complexity index is 929. The number of amides is 1. The van der Waals surface area contributed by atoms with Crippen molar-refractivity contribution in [3.05, 3.63) is 75.8 Å². The van der Waals surface area contributed by atoms with Gasteiger partial charge in [0.05, 0.1) is 12.2 Å². The molecule has 0 aliphatic heterocycles. The lowest BCUT2D eigenvalue weighted by atomic mass is 10.2. The van der Waals surface area contributed by atoms with Gasteiger partial charge in [-0.25, -0.2) is 0 Å². The molecular weight excluding hydrogens is 302 g/mol. The molecule has 0 aliphatic carbocycles. The Morgan fingerprint density at radius 2 is 2.00 bits per heavy atom. The second-order valence-electron chi connectivity index (χ2n) is 5.77. The third kappa shape index (κ3) is 3.20. The highest BCUT2D eigenvalue weighted by Gasteiger charge is 2.15. The zero-order valence-corrected chi connectivity index (χ0v) is 13.7. The number of hydrogen-bond acceptors (Lipinski definition) is 3. The van der Waals surface area contributed by atoms with Crippen molar-refractivity contribution in [3.8, 4) is 0 Å². The lowest BCUT2D eigenvalue weighted by Gasteiger charge is -2.17. The van der Waals surface area contributed by atoms with Crippen LogP contribution in [0.2, 0.25) is 0 Å². The van der Waals surface area contributed by atoms with Crippen LogP contribution in [0.5, 0.6) is 0 Å². The quantitative estimate of drug-likeness (QED) is 0.803. The first kappa shape index (κ1) is 15.9. The van der Waals surface area contributed by atoms with Crippen LogP contribution in [0.15, 0.2) is 53.5 Å². The van der Waals surface area contributed by atoms with Gasteiger partial charge in [-0.2, -0.15) is 0 Å². The molecule has 0 atom stereocenters. The van der Waals surface area contributed by atoms with Gasteiger partial charge in [-0.05, 0) is 30.2 Å². The molecule has 0 unspecified atom stereocenters. The van der Waals surface area contributed by atoms with Crippen LogP contribution in [0.3, 0.4) is 0 Å². The Morgan fingerprint density at radius 3 is 2.71 bits per heavy atom. The van der Waals surface area contributed by atoms with Crippen molar-refractivity contribution in [1.82, 2.24) is 14.9 Å². The molecule has 0 aliphatic rings. The van der Waals surface area contributed by atoms with Crippen LogP contribution >= 0.6 is 0 Å². The van der Waals surface area contributed by atoms with Crippen molar-refractivity contribution >= 4 is 16.8 Å². The number of para-hydroxylation sites is 1. The minimum atomic E-state index is -0.237. The molecule has 5 nitrogen and oxygen atoms in total. The summed E-state index contributed by atoms with van der Waals surface area (Å²) < 4.78 is 0. The average molecular weight is 321 g/mol. The van der Waals surface area contributed by atoms with Crippen LogP contribution in [-0.2, 0) is 13.0 Å². The van der Waals surface area contributed by atoms with E-state index in [1.54, 1.807) is 30.1 Å². The molecule has 0 saturated carbocycles. The van der Waals surface area contributed by atoms with Crippen LogP contribution in [0.4, 0.5) is 0 Å². The van der Waals surface area contributed by atoms with E-state index < -0.39 is 0 Å². The Morgan fingerprint density at radius 1 is 1.21 bits per heavy atom. The monoisotopic (exact) mass is 321 g/mol. The Balaban J connectivity index is 1.83. The number of pyridine rings is 2. The van der Waals surface area contributed by atoms with Gasteiger partial charge in [-0.3, -0.25) is 14.6 Å². The van der Waals surface area contributed by atoms with Crippen molar-refractivity contribution in [2.75, 3.05) is 7.05 Å². The van der Waals surface area contributed by atoms with Crippen molar-refractivity contribution in [1.29, 1.82) is 0 Å². The van der Waals surface area contributed by atoms with Crippen molar-refractivity contribution < 1.29 is 4.79 Å². The summed E-state index contributed by atoms with van der Waals surface area (Å²) in [6.45, 7) is 2.46. The fraction of sp³-hybridized carbons (Fsp3) is 0.211. The summed E-state index contributed by atoms with van der Waals surface area (Å²) in [5.41, 5.74) is 2.75. The molecule has 1 N–H and O–H groups in total. The van der Waals surface area contributed by atoms with Crippen molar-refractivity contribution in [2.45, 2.75) is 19.9 Å². The van der Waals surface area contributed by atoms with Crippen LogP contribution in [0.1, 0.15) is 28.7 Å². The fourth-order valence-corrected chi connectivity index (χ4v) is 2.59. The normalized spacial score (nSPS) is 10.8. The average Bonchev–Trinajstić information content (AvgIpc) is 2.61. The summed E-state index contributed by atoms with van der Waals surface area (Å²) in [7, 11) is 1.70. The summed E-state index contributed by atoms with van der Waals surface area (Å²) in [6, 6.07) is 12.5. The van der Waals surface area contributed by atoms with Crippen molar-refractivity contribution in [3.63, 3.8) is 0 Å². The second-order valence-corrected chi connectivity index (χ2v) is 5.77. The van der Waals surface area contributed by atoms with E-state index in [9.17, 15) is 9.59 Å². The Hall–Kier alpha value is -2.95. The minimum absolute atomic E-state index is 0.161. The molecule has 0 radical (unpaired) electrons. The largest absolute Gasteiger partial charge is 0.350 e. The first-order valence-corrected chi connectivity index (χ1v) is 7.90. The number of fused-ring (bicyclic) bond motifs is 1. The van der Waals surface area contributed by atoms with Gasteiger partial charge in [-0.15, -0.1) is 0 Å². The molecule has 122 valence electrons. The molecule has 0 saturated heterocycles. The predicted molar refractivity (Wildman–Crippen MR) is 94.0 cm³/mol. The van der Waals surface area contributed by atoms with E-state index in [1.807, 2.05) is 24.4 Å². The van der Waals surface area contributed by atoms with Gasteiger partial charge < -0.3 is 9.88 Å². The molecule has 5 heteroatoms. The number of hydrogen-bond donors (Lipinski definition) is 1. The maximum absolute atomic E-state index is 12.6. The number of carbonyl (C=O) groups is 1. The molecule has 0 fully saturated rings. The van der Waals surface area contributed by atoms with Gasteiger partial charge in [0.25, 0.3) is 5.91 Å². The van der Waals surface area contributed by atoms with Crippen molar-refractivity contribution in [2.24, 2.45) is 0 Å². The first-order chi connectivity index (χ1) is 11.6. The lowest BCUT2D eigenvalue weighted by Crippen LogP contribution is -2.28. The number of nitrogens with zero attached hydrogens (tertiary/aromatic N) is 2.